The van der Waals surface area contributed by atoms with Crippen LogP contribution in [0.25, 0.3) is 0 Å². The van der Waals surface area contributed by atoms with Crippen molar-refractivity contribution in [3.63, 3.8) is 0 Å². The molecule has 1 aliphatic rings. The molecular formula is C16H22ClNO2. The van der Waals surface area contributed by atoms with Gasteiger partial charge in [0.1, 0.15) is 0 Å². The fourth-order valence-electron chi connectivity index (χ4n) is 2.48. The summed E-state index contributed by atoms with van der Waals surface area (Å²) in [6, 6.07) is 6.98. The number of rotatable bonds is 5. The van der Waals surface area contributed by atoms with Gasteiger partial charge in [-0.15, -0.1) is 12.4 Å². The van der Waals surface area contributed by atoms with E-state index in [-0.39, 0.29) is 24.0 Å². The lowest BCUT2D eigenvalue weighted by molar-refractivity contribution is 0.0956. The van der Waals surface area contributed by atoms with Crippen LogP contribution in [0.3, 0.4) is 0 Å². The first-order valence-corrected chi connectivity index (χ1v) is 7.03. The van der Waals surface area contributed by atoms with Gasteiger partial charge in [-0.2, -0.15) is 0 Å². The fourth-order valence-corrected chi connectivity index (χ4v) is 2.48. The summed E-state index contributed by atoms with van der Waals surface area (Å²) in [6.07, 6.45) is 4.39. The van der Waals surface area contributed by atoms with Crippen LogP contribution < -0.4 is 0 Å². The van der Waals surface area contributed by atoms with Gasteiger partial charge in [-0.25, -0.2) is 0 Å². The molecular weight excluding hydrogens is 274 g/mol. The number of carbonyl (C=O) groups excluding carboxylic acids is 2. The van der Waals surface area contributed by atoms with Gasteiger partial charge >= 0.3 is 0 Å². The van der Waals surface area contributed by atoms with Gasteiger partial charge in [0.25, 0.3) is 0 Å². The Morgan fingerprint density at radius 1 is 1.00 bits per heavy atom. The van der Waals surface area contributed by atoms with Gasteiger partial charge in [-0.3, -0.25) is 9.59 Å². The number of carbonyl (C=O) groups is 2. The first-order chi connectivity index (χ1) is 9.16. The molecule has 0 aromatic heterocycles. The van der Waals surface area contributed by atoms with E-state index in [0.29, 0.717) is 17.5 Å². The van der Waals surface area contributed by atoms with Crippen molar-refractivity contribution in [2.75, 3.05) is 19.6 Å². The topological polar surface area (TPSA) is 37.4 Å². The first-order valence-electron chi connectivity index (χ1n) is 7.03. The molecule has 110 valence electrons. The van der Waals surface area contributed by atoms with Crippen molar-refractivity contribution in [1.82, 2.24) is 4.90 Å². The average Bonchev–Trinajstić information content (AvgIpc) is 2.46. The number of likely N-dealkylation sites (tertiary alicyclic amines) is 1. The van der Waals surface area contributed by atoms with Gasteiger partial charge in [0.05, 0.1) is 0 Å². The monoisotopic (exact) mass is 295 g/mol. The van der Waals surface area contributed by atoms with Crippen molar-refractivity contribution >= 4 is 24.0 Å². The Hall–Kier alpha value is -1.19. The van der Waals surface area contributed by atoms with E-state index in [0.717, 1.165) is 19.6 Å². The molecule has 0 aliphatic carbocycles. The van der Waals surface area contributed by atoms with E-state index in [1.165, 1.54) is 26.2 Å². The van der Waals surface area contributed by atoms with Crippen molar-refractivity contribution in [3.05, 3.63) is 35.4 Å². The van der Waals surface area contributed by atoms with Gasteiger partial charge in [-0.1, -0.05) is 30.7 Å². The minimum atomic E-state index is 0. The van der Waals surface area contributed by atoms with E-state index >= 15 is 0 Å². The second kappa shape index (κ2) is 8.18. The lowest BCUT2D eigenvalue weighted by atomic mass is 10.0. The van der Waals surface area contributed by atoms with Gasteiger partial charge in [0.15, 0.2) is 11.6 Å². The highest BCUT2D eigenvalue weighted by atomic mass is 35.5. The number of benzene rings is 1. The highest BCUT2D eigenvalue weighted by Crippen LogP contribution is 2.11. The molecule has 1 fully saturated rings. The molecule has 3 nitrogen and oxygen atoms in total. The predicted molar refractivity (Wildman–Crippen MR) is 82.9 cm³/mol. The van der Waals surface area contributed by atoms with E-state index in [1.54, 1.807) is 24.3 Å². The number of piperidine rings is 1. The Morgan fingerprint density at radius 2 is 1.55 bits per heavy atom. The number of Topliss-reactive ketones (excluding diaryl/α,β-unsaturated/α-hetero) is 2. The van der Waals surface area contributed by atoms with Crippen molar-refractivity contribution in [2.24, 2.45) is 0 Å². The van der Waals surface area contributed by atoms with E-state index in [1.807, 2.05) is 0 Å². The standard InChI is InChI=1S/C16H21NO2.ClH/c1-13(18)14-5-7-15(8-6-14)16(19)9-12-17-10-3-2-4-11-17;/h5-8H,2-4,9-12H2,1H3;1H. The molecule has 2 rings (SSSR count). The largest absolute Gasteiger partial charge is 0.303 e. The molecule has 0 amide bonds. The highest BCUT2D eigenvalue weighted by Gasteiger charge is 2.13. The fraction of sp³-hybridized carbons (Fsp3) is 0.500. The third kappa shape index (κ3) is 4.73. The van der Waals surface area contributed by atoms with Crippen molar-refractivity contribution in [1.29, 1.82) is 0 Å². The van der Waals surface area contributed by atoms with E-state index in [2.05, 4.69) is 4.90 Å². The molecule has 0 spiro atoms. The molecule has 1 heterocycles. The molecule has 1 saturated heterocycles. The van der Waals surface area contributed by atoms with Gasteiger partial charge in [-0.05, 0) is 32.9 Å². The van der Waals surface area contributed by atoms with Crippen LogP contribution in [-0.4, -0.2) is 36.1 Å². The summed E-state index contributed by atoms with van der Waals surface area (Å²) in [6.45, 7) is 4.63. The Bertz CT molecular complexity index is 450. The van der Waals surface area contributed by atoms with Gasteiger partial charge in [0, 0.05) is 24.1 Å². The smallest absolute Gasteiger partial charge is 0.164 e. The molecule has 0 unspecified atom stereocenters. The molecule has 0 atom stereocenters. The minimum absolute atomic E-state index is 0. The second-order valence-corrected chi connectivity index (χ2v) is 5.21. The molecule has 0 bridgehead atoms. The number of ketones is 2. The molecule has 1 aliphatic heterocycles. The number of hydrogen-bond acceptors (Lipinski definition) is 3. The number of nitrogens with zero attached hydrogens (tertiary/aromatic N) is 1. The van der Waals surface area contributed by atoms with Crippen LogP contribution in [0.2, 0.25) is 0 Å². The maximum Gasteiger partial charge on any atom is 0.164 e. The van der Waals surface area contributed by atoms with E-state index < -0.39 is 0 Å². The van der Waals surface area contributed by atoms with Crippen LogP contribution in [0.4, 0.5) is 0 Å². The third-order valence-corrected chi connectivity index (χ3v) is 3.72. The SMILES string of the molecule is CC(=O)c1ccc(C(=O)CCN2CCCCC2)cc1.Cl. The normalized spacial score (nSPS) is 15.4. The summed E-state index contributed by atoms with van der Waals surface area (Å²) in [5.74, 6) is 0.202. The Kier molecular flexibility index (Phi) is 6.89. The van der Waals surface area contributed by atoms with Crippen LogP contribution in [0, 0.1) is 0 Å². The zero-order chi connectivity index (χ0) is 13.7. The van der Waals surface area contributed by atoms with E-state index in [9.17, 15) is 9.59 Å². The minimum Gasteiger partial charge on any atom is -0.303 e. The zero-order valence-electron chi connectivity index (χ0n) is 11.9. The van der Waals surface area contributed by atoms with E-state index in [4.69, 9.17) is 0 Å². The van der Waals surface area contributed by atoms with Crippen LogP contribution >= 0.6 is 12.4 Å². The molecule has 0 saturated carbocycles. The predicted octanol–water partition coefficient (Wildman–Crippen LogP) is 3.37. The lowest BCUT2D eigenvalue weighted by Gasteiger charge is -2.25. The van der Waals surface area contributed by atoms with Crippen molar-refractivity contribution in [2.45, 2.75) is 32.6 Å². The summed E-state index contributed by atoms with van der Waals surface area (Å²) < 4.78 is 0. The Morgan fingerprint density at radius 3 is 2.10 bits per heavy atom. The summed E-state index contributed by atoms with van der Waals surface area (Å²) in [5, 5.41) is 0. The molecule has 20 heavy (non-hydrogen) atoms. The molecule has 1 aromatic rings. The third-order valence-electron chi connectivity index (χ3n) is 3.72. The molecule has 4 heteroatoms. The Labute approximate surface area is 126 Å². The average molecular weight is 296 g/mol. The van der Waals surface area contributed by atoms with Gasteiger partial charge in [0.2, 0.25) is 0 Å². The lowest BCUT2D eigenvalue weighted by Crippen LogP contribution is -2.31. The maximum atomic E-state index is 12.1. The summed E-state index contributed by atoms with van der Waals surface area (Å²) in [4.78, 5) is 25.6. The summed E-state index contributed by atoms with van der Waals surface area (Å²) in [5.41, 5.74) is 1.37. The summed E-state index contributed by atoms with van der Waals surface area (Å²) >= 11 is 0. The van der Waals surface area contributed by atoms with Crippen LogP contribution in [0.1, 0.15) is 53.3 Å². The first kappa shape index (κ1) is 16.9. The highest BCUT2D eigenvalue weighted by molar-refractivity contribution is 5.98. The number of hydrogen-bond donors (Lipinski definition) is 0. The number of halogens is 1. The Balaban J connectivity index is 0.00000200. The van der Waals surface area contributed by atoms with Gasteiger partial charge < -0.3 is 4.90 Å². The zero-order valence-corrected chi connectivity index (χ0v) is 12.7. The molecule has 0 N–H and O–H groups in total. The second-order valence-electron chi connectivity index (χ2n) is 5.21. The quantitative estimate of drug-likeness (QED) is 0.782. The van der Waals surface area contributed by atoms with Crippen molar-refractivity contribution in [3.8, 4) is 0 Å². The van der Waals surface area contributed by atoms with Crippen LogP contribution in [-0.2, 0) is 0 Å². The van der Waals surface area contributed by atoms with Crippen LogP contribution in [0.5, 0.6) is 0 Å². The molecule has 0 radical (unpaired) electrons. The molecule has 1 aromatic carbocycles. The van der Waals surface area contributed by atoms with Crippen LogP contribution in [0.15, 0.2) is 24.3 Å². The van der Waals surface area contributed by atoms with Crippen molar-refractivity contribution < 1.29 is 9.59 Å². The summed E-state index contributed by atoms with van der Waals surface area (Å²) in [7, 11) is 0. The maximum absolute atomic E-state index is 12.1.